The normalized spacial score (nSPS) is 20.9. The van der Waals surface area contributed by atoms with Gasteiger partial charge >= 0.3 is 12.0 Å². The van der Waals surface area contributed by atoms with Crippen molar-refractivity contribution in [2.75, 3.05) is 19.3 Å². The van der Waals surface area contributed by atoms with Crippen LogP contribution in [0.4, 0.5) is 4.79 Å². The van der Waals surface area contributed by atoms with Crippen LogP contribution in [0.25, 0.3) is 0 Å². The van der Waals surface area contributed by atoms with E-state index in [9.17, 15) is 18.9 Å². The monoisotopic (exact) mass is 318 g/mol. The van der Waals surface area contributed by atoms with E-state index in [1.54, 1.807) is 13.2 Å². The first-order valence-electron chi connectivity index (χ1n) is 7.45. The number of carboxylic acid groups (broad SMARTS) is 1. The van der Waals surface area contributed by atoms with Crippen molar-refractivity contribution in [2.45, 2.75) is 50.7 Å². The summed E-state index contributed by atoms with van der Waals surface area (Å²) < 4.78 is 11.2. The maximum atomic E-state index is 11.7. The van der Waals surface area contributed by atoms with Crippen LogP contribution in [0.3, 0.4) is 0 Å². The molecule has 122 valence electrons. The zero-order valence-corrected chi connectivity index (χ0v) is 13.6. The van der Waals surface area contributed by atoms with Crippen LogP contribution in [0.15, 0.2) is 0 Å². The molecule has 1 rings (SSSR count). The third-order valence-corrected chi connectivity index (χ3v) is 5.52. The first-order valence-corrected chi connectivity index (χ1v) is 9.07. The highest BCUT2D eigenvalue weighted by atomic mass is 32.2. The Balaban J connectivity index is 2.47. The molecule has 0 aliphatic heterocycles. The predicted octanol–water partition coefficient (Wildman–Crippen LogP) is 1.48. The van der Waals surface area contributed by atoms with Crippen LogP contribution in [0.2, 0.25) is 0 Å². The fraction of sp³-hybridized carbons (Fsp3) is 0.857. The molecule has 1 aliphatic carbocycles. The van der Waals surface area contributed by atoms with Crippen molar-refractivity contribution >= 4 is 22.8 Å². The number of rotatable bonds is 6. The molecule has 2 amide bonds. The van der Waals surface area contributed by atoms with Crippen LogP contribution in [0.1, 0.15) is 45.4 Å². The number of carbonyl (C=O) groups is 2. The minimum absolute atomic E-state index is 0.123. The summed E-state index contributed by atoms with van der Waals surface area (Å²) in [6, 6.07) is -0.392. The van der Waals surface area contributed by atoms with Gasteiger partial charge in [-0.05, 0) is 19.8 Å². The Morgan fingerprint density at radius 3 is 2.24 bits per heavy atom. The highest BCUT2D eigenvalue weighted by Gasteiger charge is 2.38. The fourth-order valence-electron chi connectivity index (χ4n) is 2.54. The van der Waals surface area contributed by atoms with Crippen molar-refractivity contribution < 1.29 is 18.9 Å². The maximum Gasteiger partial charge on any atom is 0.314 e. The second-order valence-corrected chi connectivity index (χ2v) is 7.67. The molecule has 7 heteroatoms. The van der Waals surface area contributed by atoms with Crippen molar-refractivity contribution in [2.24, 2.45) is 5.41 Å². The van der Waals surface area contributed by atoms with E-state index >= 15 is 0 Å². The lowest BCUT2D eigenvalue weighted by Crippen LogP contribution is -2.47. The first-order chi connectivity index (χ1) is 9.87. The van der Waals surface area contributed by atoms with Crippen molar-refractivity contribution in [3.8, 4) is 0 Å². The third kappa shape index (κ3) is 5.65. The summed E-state index contributed by atoms with van der Waals surface area (Å²) in [5, 5.41) is 14.7. The fourth-order valence-corrected chi connectivity index (χ4v) is 2.86. The molecule has 6 nitrogen and oxygen atoms in total. The van der Waals surface area contributed by atoms with E-state index in [1.807, 2.05) is 0 Å². The summed E-state index contributed by atoms with van der Waals surface area (Å²) in [4.78, 5) is 23.3. The molecule has 0 radical (unpaired) electrons. The number of carboxylic acids is 1. The Bertz CT molecular complexity index is 392. The summed E-state index contributed by atoms with van der Waals surface area (Å²) in [7, 11) is -0.990. The smallest absolute Gasteiger partial charge is 0.314 e. The van der Waals surface area contributed by atoms with Gasteiger partial charge in [-0.2, -0.15) is 0 Å². The molecule has 0 bridgehead atoms. The summed E-state index contributed by atoms with van der Waals surface area (Å²) in [6.07, 6.45) is 6.70. The van der Waals surface area contributed by atoms with Crippen LogP contribution < -0.4 is 10.6 Å². The highest BCUT2D eigenvalue weighted by Crippen LogP contribution is 2.34. The van der Waals surface area contributed by atoms with Crippen LogP contribution in [0.5, 0.6) is 0 Å². The quantitative estimate of drug-likeness (QED) is 0.646. The van der Waals surface area contributed by atoms with Gasteiger partial charge < -0.3 is 15.7 Å². The third-order valence-electron chi connectivity index (χ3n) is 4.22. The minimum Gasteiger partial charge on any atom is -0.481 e. The summed E-state index contributed by atoms with van der Waals surface area (Å²) in [5.74, 6) is -0.826. The highest BCUT2D eigenvalue weighted by molar-refractivity contribution is 7.84. The minimum atomic E-state index is -0.990. The van der Waals surface area contributed by atoms with E-state index < -0.39 is 28.2 Å². The van der Waals surface area contributed by atoms with Gasteiger partial charge in [0, 0.05) is 35.4 Å². The molecule has 2 atom stereocenters. The van der Waals surface area contributed by atoms with Gasteiger partial charge in [0.25, 0.3) is 0 Å². The van der Waals surface area contributed by atoms with Crippen molar-refractivity contribution in [3.05, 3.63) is 0 Å². The van der Waals surface area contributed by atoms with E-state index in [1.165, 1.54) is 0 Å². The molecular formula is C14H26N2O4S. The van der Waals surface area contributed by atoms with E-state index in [0.717, 1.165) is 25.7 Å². The number of aliphatic carboxylic acids is 1. The van der Waals surface area contributed by atoms with Gasteiger partial charge in [0.2, 0.25) is 0 Å². The average Bonchev–Trinajstić information content (AvgIpc) is 2.68. The van der Waals surface area contributed by atoms with Gasteiger partial charge in [-0.3, -0.25) is 9.00 Å². The molecule has 1 saturated carbocycles. The van der Waals surface area contributed by atoms with E-state index in [2.05, 4.69) is 10.6 Å². The van der Waals surface area contributed by atoms with Crippen molar-refractivity contribution in [1.82, 2.24) is 10.6 Å². The molecular weight excluding hydrogens is 292 g/mol. The Kier molecular flexibility index (Phi) is 7.14. The standard InChI is InChI=1S/C14H26N2O4S/c1-11(21(2)20)9-15-13(19)16-10-14(12(17)18)7-5-3-4-6-8-14/h11H,3-10H2,1-2H3,(H,17,18)(H2,15,16,19). The lowest BCUT2D eigenvalue weighted by atomic mass is 9.80. The topological polar surface area (TPSA) is 95.5 Å². The Labute approximate surface area is 128 Å². The predicted molar refractivity (Wildman–Crippen MR) is 82.7 cm³/mol. The van der Waals surface area contributed by atoms with Crippen LogP contribution >= 0.6 is 0 Å². The number of hydrogen-bond donors (Lipinski definition) is 3. The van der Waals surface area contributed by atoms with Crippen molar-refractivity contribution in [1.29, 1.82) is 0 Å². The number of hydrogen-bond acceptors (Lipinski definition) is 3. The van der Waals surface area contributed by atoms with Gasteiger partial charge in [-0.15, -0.1) is 0 Å². The molecule has 1 fully saturated rings. The SMILES string of the molecule is CC(CNC(=O)NCC1(C(=O)O)CCCCCC1)S(C)=O. The van der Waals surface area contributed by atoms with Gasteiger partial charge in [0.1, 0.15) is 0 Å². The molecule has 0 aromatic heterocycles. The van der Waals surface area contributed by atoms with Crippen LogP contribution in [-0.4, -0.2) is 45.9 Å². The van der Waals surface area contributed by atoms with E-state index in [0.29, 0.717) is 19.4 Å². The molecule has 21 heavy (non-hydrogen) atoms. The molecule has 0 saturated heterocycles. The number of amides is 2. The average molecular weight is 318 g/mol. The first kappa shape index (κ1) is 17.9. The maximum absolute atomic E-state index is 11.7. The zero-order chi connectivity index (χ0) is 15.9. The Morgan fingerprint density at radius 1 is 1.19 bits per heavy atom. The molecule has 0 spiro atoms. The Morgan fingerprint density at radius 2 is 1.76 bits per heavy atom. The number of carbonyl (C=O) groups excluding carboxylic acids is 1. The van der Waals surface area contributed by atoms with Crippen molar-refractivity contribution in [3.63, 3.8) is 0 Å². The number of nitrogens with one attached hydrogen (secondary N) is 2. The zero-order valence-electron chi connectivity index (χ0n) is 12.8. The van der Waals surface area contributed by atoms with Gasteiger partial charge in [-0.1, -0.05) is 25.7 Å². The van der Waals surface area contributed by atoms with Gasteiger partial charge in [-0.25, -0.2) is 4.79 Å². The molecule has 2 unspecified atom stereocenters. The Hall–Kier alpha value is -1.11. The van der Waals surface area contributed by atoms with Crippen LogP contribution in [0, 0.1) is 5.41 Å². The summed E-state index contributed by atoms with van der Waals surface area (Å²) >= 11 is 0. The lowest BCUT2D eigenvalue weighted by Gasteiger charge is -2.28. The molecule has 1 aliphatic rings. The summed E-state index contributed by atoms with van der Waals surface area (Å²) in [5.41, 5.74) is -0.840. The molecule has 0 aromatic carbocycles. The largest absolute Gasteiger partial charge is 0.481 e. The summed E-state index contributed by atoms with van der Waals surface area (Å²) in [6.45, 7) is 2.26. The van der Waals surface area contributed by atoms with E-state index in [-0.39, 0.29) is 11.8 Å². The molecule has 0 heterocycles. The van der Waals surface area contributed by atoms with Crippen LogP contribution in [-0.2, 0) is 15.6 Å². The van der Waals surface area contributed by atoms with Gasteiger partial charge in [0.05, 0.1) is 5.41 Å². The number of urea groups is 1. The molecule has 3 N–H and O–H groups in total. The molecule has 0 aromatic rings. The van der Waals surface area contributed by atoms with Gasteiger partial charge in [0.15, 0.2) is 0 Å². The second-order valence-electron chi connectivity index (χ2n) is 5.87. The van der Waals surface area contributed by atoms with E-state index in [4.69, 9.17) is 0 Å². The second kappa shape index (κ2) is 8.36. The lowest BCUT2D eigenvalue weighted by molar-refractivity contribution is -0.149.